The highest BCUT2D eigenvalue weighted by atomic mass is 16.5. The van der Waals surface area contributed by atoms with E-state index in [1.165, 1.54) is 18.4 Å². The number of rotatable bonds is 2. The van der Waals surface area contributed by atoms with Gasteiger partial charge in [-0.3, -0.25) is 4.79 Å². The summed E-state index contributed by atoms with van der Waals surface area (Å²) in [7, 11) is 1.58. The number of carbonyl (C=O) groups is 1. The lowest BCUT2D eigenvalue weighted by Crippen LogP contribution is -2.52. The standard InChI is InChI=1S/C21H32O2/c1-14(2)16-8-9-18-17-7-6-15(3)10-11-20(17,4)12-13-21(16,18)19(22)23-5/h6-7,10,14,16-18H,8-9,11-13H2,1-5H3/t16-,17+,18+,20-,21+/m1/s1. The van der Waals surface area contributed by atoms with E-state index in [4.69, 9.17) is 4.74 Å². The van der Waals surface area contributed by atoms with E-state index in [2.05, 4.69) is 45.9 Å². The minimum atomic E-state index is -0.254. The average Bonchev–Trinajstić information content (AvgIpc) is 2.84. The number of hydrogen-bond donors (Lipinski definition) is 0. The number of allylic oxidation sites excluding steroid dienone is 4. The fraction of sp³-hybridized carbons (Fsp3) is 0.762. The highest BCUT2D eigenvalue weighted by Gasteiger charge is 2.63. The molecule has 0 amide bonds. The maximum Gasteiger partial charge on any atom is 0.312 e. The molecule has 0 bridgehead atoms. The third kappa shape index (κ3) is 2.40. The van der Waals surface area contributed by atoms with Crippen molar-refractivity contribution in [1.82, 2.24) is 0 Å². The van der Waals surface area contributed by atoms with Crippen molar-refractivity contribution in [1.29, 1.82) is 0 Å². The predicted molar refractivity (Wildman–Crippen MR) is 93.8 cm³/mol. The number of hydrogen-bond acceptors (Lipinski definition) is 2. The van der Waals surface area contributed by atoms with Gasteiger partial charge in [-0.05, 0) is 68.1 Å². The summed E-state index contributed by atoms with van der Waals surface area (Å²) < 4.78 is 5.36. The van der Waals surface area contributed by atoms with Crippen molar-refractivity contribution >= 4 is 5.97 Å². The van der Waals surface area contributed by atoms with E-state index in [1.807, 2.05) is 0 Å². The van der Waals surface area contributed by atoms with Crippen LogP contribution in [-0.2, 0) is 9.53 Å². The summed E-state index contributed by atoms with van der Waals surface area (Å²) in [5, 5.41) is 0. The summed E-state index contributed by atoms with van der Waals surface area (Å²) in [5.41, 5.74) is 1.40. The van der Waals surface area contributed by atoms with Crippen LogP contribution in [-0.4, -0.2) is 13.1 Å². The van der Waals surface area contributed by atoms with Gasteiger partial charge in [-0.25, -0.2) is 0 Å². The second-order valence-electron chi connectivity index (χ2n) is 8.76. The van der Waals surface area contributed by atoms with E-state index in [9.17, 15) is 4.79 Å². The lowest BCUT2D eigenvalue weighted by molar-refractivity contribution is -0.168. The second-order valence-corrected chi connectivity index (χ2v) is 8.76. The smallest absolute Gasteiger partial charge is 0.312 e. The van der Waals surface area contributed by atoms with Gasteiger partial charge in [0.15, 0.2) is 0 Å². The molecule has 0 aliphatic heterocycles. The van der Waals surface area contributed by atoms with Crippen LogP contribution < -0.4 is 0 Å². The van der Waals surface area contributed by atoms with Gasteiger partial charge in [0.05, 0.1) is 12.5 Å². The number of ether oxygens (including phenoxy) is 1. The molecular formula is C21H32O2. The van der Waals surface area contributed by atoms with Crippen LogP contribution in [0.1, 0.15) is 59.8 Å². The van der Waals surface area contributed by atoms with Gasteiger partial charge in [0.25, 0.3) is 0 Å². The molecule has 2 fully saturated rings. The quantitative estimate of drug-likeness (QED) is 0.658. The first kappa shape index (κ1) is 16.8. The summed E-state index contributed by atoms with van der Waals surface area (Å²) in [6, 6.07) is 0. The Labute approximate surface area is 141 Å². The average molecular weight is 316 g/mol. The molecule has 5 atom stereocenters. The van der Waals surface area contributed by atoms with Crippen molar-refractivity contribution in [2.45, 2.75) is 59.8 Å². The van der Waals surface area contributed by atoms with E-state index < -0.39 is 0 Å². The van der Waals surface area contributed by atoms with E-state index >= 15 is 0 Å². The zero-order valence-electron chi connectivity index (χ0n) is 15.4. The molecule has 0 aromatic carbocycles. The molecule has 0 aromatic rings. The van der Waals surface area contributed by atoms with Crippen molar-refractivity contribution in [3.63, 3.8) is 0 Å². The van der Waals surface area contributed by atoms with Crippen LogP contribution in [0.5, 0.6) is 0 Å². The maximum absolute atomic E-state index is 13.0. The maximum atomic E-state index is 13.0. The van der Waals surface area contributed by atoms with Crippen molar-refractivity contribution in [2.24, 2.45) is 34.5 Å². The van der Waals surface area contributed by atoms with Crippen LogP contribution in [0.3, 0.4) is 0 Å². The predicted octanol–water partition coefficient (Wildman–Crippen LogP) is 5.15. The topological polar surface area (TPSA) is 26.3 Å². The number of fused-ring (bicyclic) bond motifs is 3. The Morgan fingerprint density at radius 2 is 2.04 bits per heavy atom. The Bertz CT molecular complexity index is 544. The van der Waals surface area contributed by atoms with Gasteiger partial charge in [-0.15, -0.1) is 0 Å². The second kappa shape index (κ2) is 5.79. The molecule has 0 aromatic heterocycles. The summed E-state index contributed by atoms with van der Waals surface area (Å²) in [5.74, 6) is 2.00. The lowest BCUT2D eigenvalue weighted by atomic mass is 9.50. The van der Waals surface area contributed by atoms with Crippen molar-refractivity contribution in [3.8, 4) is 0 Å². The van der Waals surface area contributed by atoms with Crippen molar-refractivity contribution < 1.29 is 9.53 Å². The molecule has 128 valence electrons. The molecule has 3 rings (SSSR count). The first-order chi connectivity index (χ1) is 10.8. The fourth-order valence-corrected chi connectivity index (χ4v) is 6.01. The van der Waals surface area contributed by atoms with E-state index in [0.717, 1.165) is 19.3 Å². The SMILES string of the molecule is COC(=O)[C@]12CC[C@@]3(C)CC=C(C)C=C[C@H]3[C@@H]1CC[C@@H]2C(C)C. The molecule has 2 saturated carbocycles. The van der Waals surface area contributed by atoms with E-state index in [-0.39, 0.29) is 11.4 Å². The van der Waals surface area contributed by atoms with E-state index in [0.29, 0.717) is 29.1 Å². The number of methoxy groups -OCH3 is 1. The van der Waals surface area contributed by atoms with Gasteiger partial charge < -0.3 is 4.74 Å². The first-order valence-corrected chi connectivity index (χ1v) is 9.28. The van der Waals surface area contributed by atoms with Gasteiger partial charge in [0.2, 0.25) is 0 Å². The molecule has 0 unspecified atom stereocenters. The van der Waals surface area contributed by atoms with Gasteiger partial charge in [0.1, 0.15) is 0 Å². The fourth-order valence-electron chi connectivity index (χ4n) is 6.01. The van der Waals surface area contributed by atoms with E-state index in [1.54, 1.807) is 7.11 Å². The Hall–Kier alpha value is -1.05. The summed E-state index contributed by atoms with van der Waals surface area (Å²) in [6.45, 7) is 9.18. The monoisotopic (exact) mass is 316 g/mol. The molecule has 23 heavy (non-hydrogen) atoms. The molecule has 0 radical (unpaired) electrons. The largest absolute Gasteiger partial charge is 0.469 e. The first-order valence-electron chi connectivity index (χ1n) is 9.28. The molecule has 3 aliphatic carbocycles. The van der Waals surface area contributed by atoms with Crippen molar-refractivity contribution in [2.75, 3.05) is 7.11 Å². The Morgan fingerprint density at radius 1 is 1.30 bits per heavy atom. The molecule has 0 N–H and O–H groups in total. The molecule has 0 saturated heterocycles. The summed E-state index contributed by atoms with van der Waals surface area (Å²) in [4.78, 5) is 13.0. The molecule has 0 spiro atoms. The van der Waals surface area contributed by atoms with Crippen LogP contribution in [0.4, 0.5) is 0 Å². The number of esters is 1. The highest BCUT2D eigenvalue weighted by molar-refractivity contribution is 5.78. The summed E-state index contributed by atoms with van der Waals surface area (Å²) in [6.07, 6.45) is 12.7. The van der Waals surface area contributed by atoms with Crippen LogP contribution in [0.2, 0.25) is 0 Å². The minimum Gasteiger partial charge on any atom is -0.469 e. The van der Waals surface area contributed by atoms with Crippen molar-refractivity contribution in [3.05, 3.63) is 23.8 Å². The lowest BCUT2D eigenvalue weighted by Gasteiger charge is -2.53. The molecule has 2 heteroatoms. The van der Waals surface area contributed by atoms with Gasteiger partial charge in [-0.2, -0.15) is 0 Å². The molecule has 3 aliphatic rings. The summed E-state index contributed by atoms with van der Waals surface area (Å²) >= 11 is 0. The van der Waals surface area contributed by atoms with Crippen LogP contribution in [0.15, 0.2) is 23.8 Å². The third-order valence-corrected chi connectivity index (χ3v) is 7.29. The zero-order valence-corrected chi connectivity index (χ0v) is 15.4. The Morgan fingerprint density at radius 3 is 2.70 bits per heavy atom. The third-order valence-electron chi connectivity index (χ3n) is 7.29. The van der Waals surface area contributed by atoms with Gasteiger partial charge in [-0.1, -0.05) is 44.6 Å². The highest BCUT2D eigenvalue weighted by Crippen LogP contribution is 2.65. The van der Waals surface area contributed by atoms with Gasteiger partial charge >= 0.3 is 5.97 Å². The molecule has 0 heterocycles. The van der Waals surface area contributed by atoms with Crippen LogP contribution in [0, 0.1) is 34.5 Å². The Balaban J connectivity index is 2.05. The number of carbonyl (C=O) groups excluding carboxylic acids is 1. The molecule has 2 nitrogen and oxygen atoms in total. The van der Waals surface area contributed by atoms with Crippen LogP contribution >= 0.6 is 0 Å². The zero-order chi connectivity index (χ0) is 16.8. The van der Waals surface area contributed by atoms with Crippen LogP contribution in [0.25, 0.3) is 0 Å². The van der Waals surface area contributed by atoms with Gasteiger partial charge in [0, 0.05) is 0 Å². The molecular weight excluding hydrogens is 284 g/mol. The minimum absolute atomic E-state index is 0.0584. The normalized spacial score (nSPS) is 42.7. The Kier molecular flexibility index (Phi) is 4.23.